The summed E-state index contributed by atoms with van der Waals surface area (Å²) in [5.41, 5.74) is 0. The first-order valence-corrected chi connectivity index (χ1v) is 6.84. The summed E-state index contributed by atoms with van der Waals surface area (Å²) >= 11 is 0. The van der Waals surface area contributed by atoms with Crippen LogP contribution in [-0.2, 0) is 0 Å². The third-order valence-corrected chi connectivity index (χ3v) is 4.44. The first-order chi connectivity index (χ1) is 7.34. The zero-order valence-corrected chi connectivity index (χ0v) is 9.91. The molecule has 0 spiro atoms. The van der Waals surface area contributed by atoms with Gasteiger partial charge in [0.2, 0.25) is 0 Å². The smallest absolute Gasteiger partial charge is 0.0195 e. The van der Waals surface area contributed by atoms with Gasteiger partial charge in [-0.3, -0.25) is 4.90 Å². The molecule has 0 aromatic heterocycles. The van der Waals surface area contributed by atoms with E-state index in [1.807, 2.05) is 0 Å². The Morgan fingerprint density at radius 3 is 2.53 bits per heavy atom. The van der Waals surface area contributed by atoms with E-state index in [0.717, 1.165) is 24.0 Å². The van der Waals surface area contributed by atoms with E-state index in [1.165, 1.54) is 51.6 Å². The predicted molar refractivity (Wildman–Crippen MR) is 62.9 cm³/mol. The van der Waals surface area contributed by atoms with Gasteiger partial charge in [-0.05, 0) is 57.9 Å². The molecule has 0 amide bonds. The highest BCUT2D eigenvalue weighted by Crippen LogP contribution is 2.39. The summed E-state index contributed by atoms with van der Waals surface area (Å²) in [7, 11) is 0. The number of rotatable bonds is 5. The Morgan fingerprint density at radius 2 is 2.00 bits per heavy atom. The zero-order chi connectivity index (χ0) is 10.3. The van der Waals surface area contributed by atoms with Gasteiger partial charge in [0.15, 0.2) is 0 Å². The van der Waals surface area contributed by atoms with Crippen molar-refractivity contribution in [1.82, 2.24) is 10.2 Å². The fraction of sp³-hybridized carbons (Fsp3) is 1.00. The van der Waals surface area contributed by atoms with Gasteiger partial charge in [0.25, 0.3) is 0 Å². The molecule has 1 heterocycles. The second-order valence-electron chi connectivity index (χ2n) is 5.80. The summed E-state index contributed by atoms with van der Waals surface area (Å²) in [6.07, 6.45) is 8.69. The van der Waals surface area contributed by atoms with Gasteiger partial charge in [-0.15, -0.1) is 0 Å². The van der Waals surface area contributed by atoms with Crippen LogP contribution in [0.25, 0.3) is 0 Å². The fourth-order valence-electron chi connectivity index (χ4n) is 3.07. The van der Waals surface area contributed by atoms with E-state index in [2.05, 4.69) is 17.1 Å². The van der Waals surface area contributed by atoms with Gasteiger partial charge >= 0.3 is 0 Å². The van der Waals surface area contributed by atoms with Gasteiger partial charge in [0, 0.05) is 24.7 Å². The van der Waals surface area contributed by atoms with Crippen LogP contribution in [0.5, 0.6) is 0 Å². The number of nitrogens with zero attached hydrogens (tertiary/aromatic N) is 1. The largest absolute Gasteiger partial charge is 0.313 e. The Hall–Kier alpha value is -0.0800. The Bertz CT molecular complexity index is 215. The van der Waals surface area contributed by atoms with Gasteiger partial charge < -0.3 is 5.32 Å². The van der Waals surface area contributed by atoms with Gasteiger partial charge in [0.05, 0.1) is 0 Å². The van der Waals surface area contributed by atoms with Crippen LogP contribution in [0.2, 0.25) is 0 Å². The third-order valence-electron chi connectivity index (χ3n) is 4.44. The minimum atomic E-state index is 0.798. The van der Waals surface area contributed by atoms with E-state index in [-0.39, 0.29) is 0 Å². The molecule has 3 fully saturated rings. The standard InChI is InChI=1S/C13H24N2/c1-10(11-4-5-11)15(13-6-7-13)9-12-3-2-8-14-12/h10-14H,2-9H2,1H3. The molecule has 0 aromatic rings. The quantitative estimate of drug-likeness (QED) is 0.743. The molecule has 1 saturated heterocycles. The van der Waals surface area contributed by atoms with Crippen LogP contribution < -0.4 is 5.32 Å². The van der Waals surface area contributed by atoms with Crippen molar-refractivity contribution in [1.29, 1.82) is 0 Å². The van der Waals surface area contributed by atoms with E-state index >= 15 is 0 Å². The van der Waals surface area contributed by atoms with Gasteiger partial charge in [-0.2, -0.15) is 0 Å². The minimum absolute atomic E-state index is 0.798. The van der Waals surface area contributed by atoms with E-state index in [0.29, 0.717) is 0 Å². The second kappa shape index (κ2) is 4.06. The van der Waals surface area contributed by atoms with Crippen molar-refractivity contribution in [3.05, 3.63) is 0 Å². The minimum Gasteiger partial charge on any atom is -0.313 e. The summed E-state index contributed by atoms with van der Waals surface area (Å²) in [6, 6.07) is 2.61. The fourth-order valence-corrected chi connectivity index (χ4v) is 3.07. The summed E-state index contributed by atoms with van der Waals surface area (Å²) in [4.78, 5) is 2.82. The lowest BCUT2D eigenvalue weighted by molar-refractivity contribution is 0.164. The Morgan fingerprint density at radius 1 is 1.20 bits per heavy atom. The van der Waals surface area contributed by atoms with E-state index in [9.17, 15) is 0 Å². The van der Waals surface area contributed by atoms with Gasteiger partial charge in [-0.1, -0.05) is 0 Å². The lowest BCUT2D eigenvalue weighted by atomic mass is 10.1. The van der Waals surface area contributed by atoms with Gasteiger partial charge in [0.1, 0.15) is 0 Å². The van der Waals surface area contributed by atoms with Gasteiger partial charge in [-0.25, -0.2) is 0 Å². The van der Waals surface area contributed by atoms with E-state index < -0.39 is 0 Å². The monoisotopic (exact) mass is 208 g/mol. The molecule has 1 aliphatic heterocycles. The molecule has 86 valence electrons. The average molecular weight is 208 g/mol. The molecule has 0 bridgehead atoms. The van der Waals surface area contributed by atoms with Crippen LogP contribution in [-0.4, -0.2) is 36.1 Å². The molecule has 3 aliphatic rings. The molecular formula is C13H24N2. The topological polar surface area (TPSA) is 15.3 Å². The Kier molecular flexibility index (Phi) is 2.73. The highest BCUT2D eigenvalue weighted by Gasteiger charge is 2.39. The third kappa shape index (κ3) is 2.36. The first kappa shape index (κ1) is 10.1. The molecular weight excluding hydrogens is 184 g/mol. The van der Waals surface area contributed by atoms with Crippen molar-refractivity contribution in [2.75, 3.05) is 13.1 Å². The van der Waals surface area contributed by atoms with Crippen molar-refractivity contribution in [2.24, 2.45) is 5.92 Å². The molecule has 3 rings (SSSR count). The molecule has 2 aliphatic carbocycles. The number of nitrogens with one attached hydrogen (secondary N) is 1. The lowest BCUT2D eigenvalue weighted by Crippen LogP contribution is -2.44. The molecule has 2 nitrogen and oxygen atoms in total. The molecule has 0 aromatic carbocycles. The zero-order valence-electron chi connectivity index (χ0n) is 9.91. The van der Waals surface area contributed by atoms with Crippen molar-refractivity contribution in [3.63, 3.8) is 0 Å². The van der Waals surface area contributed by atoms with Crippen molar-refractivity contribution >= 4 is 0 Å². The molecule has 2 atom stereocenters. The van der Waals surface area contributed by atoms with Crippen molar-refractivity contribution in [3.8, 4) is 0 Å². The molecule has 2 unspecified atom stereocenters. The normalized spacial score (nSPS) is 33.6. The first-order valence-electron chi connectivity index (χ1n) is 6.84. The lowest BCUT2D eigenvalue weighted by Gasteiger charge is -2.31. The van der Waals surface area contributed by atoms with Crippen LogP contribution in [0, 0.1) is 5.92 Å². The highest BCUT2D eigenvalue weighted by molar-refractivity contribution is 4.95. The maximum Gasteiger partial charge on any atom is 0.0195 e. The highest BCUT2D eigenvalue weighted by atomic mass is 15.2. The van der Waals surface area contributed by atoms with Crippen molar-refractivity contribution < 1.29 is 0 Å². The van der Waals surface area contributed by atoms with Crippen molar-refractivity contribution in [2.45, 2.75) is 63.6 Å². The van der Waals surface area contributed by atoms with Crippen LogP contribution >= 0.6 is 0 Å². The Balaban J connectivity index is 1.56. The SMILES string of the molecule is CC(C1CC1)N(CC1CCCN1)C1CC1. The summed E-state index contributed by atoms with van der Waals surface area (Å²) in [5, 5.41) is 3.64. The summed E-state index contributed by atoms with van der Waals surface area (Å²) < 4.78 is 0. The maximum atomic E-state index is 3.64. The molecule has 2 heteroatoms. The maximum absolute atomic E-state index is 3.64. The average Bonchev–Trinajstić information content (AvgIpc) is 3.13. The van der Waals surface area contributed by atoms with Crippen LogP contribution in [0.4, 0.5) is 0 Å². The Labute approximate surface area is 93.4 Å². The molecule has 0 radical (unpaired) electrons. The molecule has 2 saturated carbocycles. The molecule has 1 N–H and O–H groups in total. The summed E-state index contributed by atoms with van der Waals surface area (Å²) in [6.45, 7) is 5.04. The van der Waals surface area contributed by atoms with E-state index in [1.54, 1.807) is 0 Å². The van der Waals surface area contributed by atoms with Crippen LogP contribution in [0.15, 0.2) is 0 Å². The predicted octanol–water partition coefficient (Wildman–Crippen LogP) is 2.00. The number of hydrogen-bond donors (Lipinski definition) is 1. The summed E-state index contributed by atoms with van der Waals surface area (Å²) in [5.74, 6) is 1.03. The van der Waals surface area contributed by atoms with Crippen LogP contribution in [0.1, 0.15) is 45.4 Å². The molecule has 15 heavy (non-hydrogen) atoms. The second-order valence-corrected chi connectivity index (χ2v) is 5.80. The van der Waals surface area contributed by atoms with Crippen LogP contribution in [0.3, 0.4) is 0 Å². The number of hydrogen-bond acceptors (Lipinski definition) is 2. The van der Waals surface area contributed by atoms with E-state index in [4.69, 9.17) is 0 Å².